The SMILES string of the molecule is COc1cc(/C=C/CN2CCC(=C3c4ccccc4C=Cc4ccccc43)CC2)cc(OC)c1.Cl. The Morgan fingerprint density at radius 1 is 0.771 bits per heavy atom. The number of ether oxygens (including phenoxy) is 2. The summed E-state index contributed by atoms with van der Waals surface area (Å²) < 4.78 is 10.8. The van der Waals surface area contributed by atoms with Crippen LogP contribution in [0.2, 0.25) is 0 Å². The summed E-state index contributed by atoms with van der Waals surface area (Å²) in [6.45, 7) is 3.08. The fourth-order valence-electron chi connectivity index (χ4n) is 4.96. The number of hydrogen-bond donors (Lipinski definition) is 0. The molecule has 1 saturated heterocycles. The third-order valence-corrected chi connectivity index (χ3v) is 6.76. The number of fused-ring (bicyclic) bond motifs is 2. The number of benzene rings is 3. The topological polar surface area (TPSA) is 21.7 Å². The van der Waals surface area contributed by atoms with Gasteiger partial charge in [-0.05, 0) is 58.4 Å². The van der Waals surface area contributed by atoms with E-state index in [1.807, 2.05) is 18.2 Å². The third kappa shape index (κ3) is 5.53. The first kappa shape index (κ1) is 24.8. The molecular weight excluding hydrogens is 454 g/mol. The predicted octanol–water partition coefficient (Wildman–Crippen LogP) is 7.22. The predicted molar refractivity (Wildman–Crippen MR) is 149 cm³/mol. The maximum atomic E-state index is 5.39. The highest BCUT2D eigenvalue weighted by molar-refractivity contribution is 5.94. The summed E-state index contributed by atoms with van der Waals surface area (Å²) in [5.74, 6) is 1.62. The summed E-state index contributed by atoms with van der Waals surface area (Å²) in [4.78, 5) is 2.53. The zero-order chi connectivity index (χ0) is 23.3. The number of halogens is 1. The fraction of sp³-hybridized carbons (Fsp3) is 0.226. The molecule has 35 heavy (non-hydrogen) atoms. The summed E-state index contributed by atoms with van der Waals surface area (Å²) in [6, 6.07) is 23.6. The van der Waals surface area contributed by atoms with Crippen LogP contribution in [0.15, 0.2) is 78.4 Å². The molecule has 0 atom stereocenters. The van der Waals surface area contributed by atoms with E-state index in [0.29, 0.717) is 0 Å². The van der Waals surface area contributed by atoms with E-state index in [4.69, 9.17) is 9.47 Å². The van der Waals surface area contributed by atoms with Crippen LogP contribution in [0.1, 0.15) is 40.7 Å². The summed E-state index contributed by atoms with van der Waals surface area (Å²) in [7, 11) is 3.37. The van der Waals surface area contributed by atoms with Gasteiger partial charge in [0.1, 0.15) is 11.5 Å². The molecule has 3 aromatic rings. The van der Waals surface area contributed by atoms with Crippen molar-refractivity contribution in [2.24, 2.45) is 0 Å². The van der Waals surface area contributed by atoms with Gasteiger partial charge in [0.15, 0.2) is 0 Å². The van der Waals surface area contributed by atoms with Crippen LogP contribution in [0.25, 0.3) is 23.8 Å². The molecule has 0 N–H and O–H groups in total. The molecule has 4 heteroatoms. The molecule has 3 nitrogen and oxygen atoms in total. The van der Waals surface area contributed by atoms with Crippen LogP contribution in [0.3, 0.4) is 0 Å². The number of methoxy groups -OCH3 is 2. The molecule has 0 bridgehead atoms. The monoisotopic (exact) mass is 485 g/mol. The van der Waals surface area contributed by atoms with E-state index in [0.717, 1.165) is 49.5 Å². The smallest absolute Gasteiger partial charge is 0.123 e. The average molecular weight is 486 g/mol. The Balaban J connectivity index is 0.00000289. The first-order valence-corrected chi connectivity index (χ1v) is 12.0. The quantitative estimate of drug-likeness (QED) is 0.298. The minimum absolute atomic E-state index is 0. The van der Waals surface area contributed by atoms with E-state index in [1.54, 1.807) is 19.8 Å². The summed E-state index contributed by atoms with van der Waals surface area (Å²) in [6.07, 6.45) is 11.1. The average Bonchev–Trinajstić information content (AvgIpc) is 3.06. The van der Waals surface area contributed by atoms with E-state index >= 15 is 0 Å². The minimum Gasteiger partial charge on any atom is -0.497 e. The highest BCUT2D eigenvalue weighted by atomic mass is 35.5. The Morgan fingerprint density at radius 2 is 1.31 bits per heavy atom. The Kier molecular flexibility index (Phi) is 8.12. The van der Waals surface area contributed by atoms with E-state index in [9.17, 15) is 0 Å². The van der Waals surface area contributed by atoms with Gasteiger partial charge in [0, 0.05) is 25.7 Å². The summed E-state index contributed by atoms with van der Waals surface area (Å²) in [5, 5.41) is 0. The molecule has 0 spiro atoms. The molecule has 0 saturated carbocycles. The van der Waals surface area contributed by atoms with Crippen molar-refractivity contribution in [3.8, 4) is 11.5 Å². The molecule has 3 aromatic carbocycles. The lowest BCUT2D eigenvalue weighted by molar-refractivity contribution is 0.284. The Bertz CT molecular complexity index is 1190. The number of nitrogens with zero attached hydrogens (tertiary/aromatic N) is 1. The Labute approximate surface area is 214 Å². The van der Waals surface area contributed by atoms with Gasteiger partial charge in [0.2, 0.25) is 0 Å². The van der Waals surface area contributed by atoms with Crippen molar-refractivity contribution in [3.63, 3.8) is 0 Å². The zero-order valence-corrected chi connectivity index (χ0v) is 21.2. The van der Waals surface area contributed by atoms with Crippen molar-refractivity contribution in [1.29, 1.82) is 0 Å². The Hall–Kier alpha value is -3.27. The van der Waals surface area contributed by atoms with Crippen LogP contribution < -0.4 is 9.47 Å². The largest absolute Gasteiger partial charge is 0.497 e. The van der Waals surface area contributed by atoms with Crippen molar-refractivity contribution < 1.29 is 9.47 Å². The molecule has 180 valence electrons. The van der Waals surface area contributed by atoms with Gasteiger partial charge in [-0.3, -0.25) is 4.90 Å². The van der Waals surface area contributed by atoms with E-state index in [-0.39, 0.29) is 12.4 Å². The van der Waals surface area contributed by atoms with Crippen molar-refractivity contribution in [1.82, 2.24) is 4.90 Å². The molecular formula is C31H32ClNO2. The molecule has 0 aromatic heterocycles. The van der Waals surface area contributed by atoms with Crippen LogP contribution in [-0.4, -0.2) is 38.8 Å². The first-order valence-electron chi connectivity index (χ1n) is 12.0. The molecule has 2 aliphatic rings. The molecule has 1 aliphatic carbocycles. The van der Waals surface area contributed by atoms with Gasteiger partial charge in [-0.15, -0.1) is 12.4 Å². The lowest BCUT2D eigenvalue weighted by Crippen LogP contribution is -2.31. The number of likely N-dealkylation sites (tertiary alicyclic amines) is 1. The minimum atomic E-state index is 0. The molecule has 1 aliphatic heterocycles. The van der Waals surface area contributed by atoms with Crippen molar-refractivity contribution >= 4 is 36.2 Å². The molecule has 1 heterocycles. The summed E-state index contributed by atoms with van der Waals surface area (Å²) in [5.41, 5.74) is 9.44. The standard InChI is InChI=1S/C31H31NO2.ClH/c1-33-27-20-23(21-28(22-27)34-2)8-7-17-32-18-15-26(16-19-32)31-29-11-5-3-9-24(29)13-14-25-10-4-6-12-30(25)31;/h3-14,20-22H,15-19H2,1-2H3;1H/b8-7+;. The second-order valence-electron chi connectivity index (χ2n) is 8.84. The van der Waals surface area contributed by atoms with Gasteiger partial charge >= 0.3 is 0 Å². The Morgan fingerprint density at radius 3 is 1.86 bits per heavy atom. The van der Waals surface area contributed by atoms with Crippen LogP contribution in [0, 0.1) is 0 Å². The van der Waals surface area contributed by atoms with Crippen molar-refractivity contribution in [2.45, 2.75) is 12.8 Å². The summed E-state index contributed by atoms with van der Waals surface area (Å²) >= 11 is 0. The van der Waals surface area contributed by atoms with E-state index < -0.39 is 0 Å². The third-order valence-electron chi connectivity index (χ3n) is 6.76. The molecule has 0 unspecified atom stereocenters. The van der Waals surface area contributed by atoms with Crippen molar-refractivity contribution in [2.75, 3.05) is 33.9 Å². The molecule has 5 rings (SSSR count). The zero-order valence-electron chi connectivity index (χ0n) is 20.4. The lowest BCUT2D eigenvalue weighted by atomic mass is 9.86. The van der Waals surface area contributed by atoms with Crippen LogP contribution in [-0.2, 0) is 0 Å². The maximum absolute atomic E-state index is 5.39. The van der Waals surface area contributed by atoms with Gasteiger partial charge < -0.3 is 9.47 Å². The van der Waals surface area contributed by atoms with E-state index in [1.165, 1.54) is 27.8 Å². The number of hydrogen-bond acceptors (Lipinski definition) is 3. The highest BCUT2D eigenvalue weighted by Crippen LogP contribution is 2.38. The number of rotatable bonds is 5. The first-order chi connectivity index (χ1) is 16.7. The molecule has 0 amide bonds. The highest BCUT2D eigenvalue weighted by Gasteiger charge is 2.22. The normalized spacial score (nSPS) is 15.3. The lowest BCUT2D eigenvalue weighted by Gasteiger charge is -2.29. The van der Waals surface area contributed by atoms with Gasteiger partial charge in [-0.2, -0.15) is 0 Å². The van der Waals surface area contributed by atoms with Gasteiger partial charge in [0.25, 0.3) is 0 Å². The number of piperidine rings is 1. The maximum Gasteiger partial charge on any atom is 0.123 e. The van der Waals surface area contributed by atoms with Crippen LogP contribution in [0.5, 0.6) is 11.5 Å². The van der Waals surface area contributed by atoms with Gasteiger partial charge in [0.05, 0.1) is 14.2 Å². The van der Waals surface area contributed by atoms with Crippen LogP contribution >= 0.6 is 12.4 Å². The van der Waals surface area contributed by atoms with Crippen LogP contribution in [0.4, 0.5) is 0 Å². The second kappa shape index (κ2) is 11.4. The fourth-order valence-corrected chi connectivity index (χ4v) is 4.96. The van der Waals surface area contributed by atoms with Gasteiger partial charge in [-0.1, -0.05) is 78.4 Å². The van der Waals surface area contributed by atoms with Crippen molar-refractivity contribution in [3.05, 3.63) is 106 Å². The second-order valence-corrected chi connectivity index (χ2v) is 8.84. The van der Waals surface area contributed by atoms with Gasteiger partial charge in [-0.25, -0.2) is 0 Å². The molecule has 0 radical (unpaired) electrons. The molecule has 1 fully saturated rings. The van der Waals surface area contributed by atoms with E-state index in [2.05, 4.69) is 77.7 Å².